The first kappa shape index (κ1) is 31.0. The number of ether oxygens (including phenoxy) is 2. The van der Waals surface area contributed by atoms with Crippen molar-refractivity contribution in [3.05, 3.63) is 0 Å². The molecule has 1 saturated carbocycles. The van der Waals surface area contributed by atoms with Crippen molar-refractivity contribution in [3.8, 4) is 0 Å². The smallest absolute Gasteiger partial charge is 0.245 e. The van der Waals surface area contributed by atoms with E-state index in [-0.39, 0.29) is 55.1 Å². The van der Waals surface area contributed by atoms with Gasteiger partial charge in [-0.3, -0.25) is 19.2 Å². The maximum absolute atomic E-state index is 12.4. The van der Waals surface area contributed by atoms with Crippen molar-refractivity contribution < 1.29 is 28.7 Å². The molecule has 11 heteroatoms. The van der Waals surface area contributed by atoms with E-state index in [2.05, 4.69) is 22.9 Å². The van der Waals surface area contributed by atoms with E-state index in [0.29, 0.717) is 45.1 Å². The summed E-state index contributed by atoms with van der Waals surface area (Å²) in [7, 11) is 1.69. The summed E-state index contributed by atoms with van der Waals surface area (Å²) in [6.45, 7) is 3.79. The fraction of sp³-hybridized carbons (Fsp3) is 0.833. The Morgan fingerprint density at radius 1 is 0.943 bits per heavy atom. The van der Waals surface area contributed by atoms with E-state index in [9.17, 15) is 19.2 Å². The van der Waals surface area contributed by atoms with Crippen molar-refractivity contribution in [1.29, 1.82) is 0 Å². The van der Waals surface area contributed by atoms with Gasteiger partial charge in [-0.25, -0.2) is 0 Å². The Kier molecular flexibility index (Phi) is 16.1. The molecule has 4 atom stereocenters. The quantitative estimate of drug-likeness (QED) is 0.141. The first-order chi connectivity index (χ1) is 16.8. The second-order valence-corrected chi connectivity index (χ2v) is 9.17. The van der Waals surface area contributed by atoms with E-state index in [1.165, 1.54) is 0 Å². The number of hydrogen-bond donors (Lipinski definition) is 5. The summed E-state index contributed by atoms with van der Waals surface area (Å²) in [6.07, 6.45) is 5.76. The van der Waals surface area contributed by atoms with Crippen LogP contribution in [0.15, 0.2) is 0 Å². The molecule has 0 radical (unpaired) electrons. The van der Waals surface area contributed by atoms with Crippen LogP contribution in [0.2, 0.25) is 0 Å². The van der Waals surface area contributed by atoms with Gasteiger partial charge in [0.05, 0.1) is 31.9 Å². The van der Waals surface area contributed by atoms with Gasteiger partial charge in [0, 0.05) is 25.4 Å². The number of nitrogens with one attached hydrogen (secondary N) is 3. The number of carbonyl (C=O) groups excluding carboxylic acids is 4. The predicted molar refractivity (Wildman–Crippen MR) is 132 cm³/mol. The molecule has 0 aromatic rings. The molecule has 202 valence electrons. The van der Waals surface area contributed by atoms with E-state index in [4.69, 9.17) is 20.9 Å². The lowest BCUT2D eigenvalue weighted by molar-refractivity contribution is -0.127. The molecule has 0 saturated heterocycles. The molecule has 0 spiro atoms. The van der Waals surface area contributed by atoms with Gasteiger partial charge in [0.15, 0.2) is 5.78 Å². The highest BCUT2D eigenvalue weighted by Gasteiger charge is 2.32. The molecule has 0 aliphatic heterocycles. The molecule has 0 aromatic carbocycles. The molecule has 1 aliphatic rings. The Morgan fingerprint density at radius 2 is 1.66 bits per heavy atom. The Hall–Kier alpha value is -2.08. The Labute approximate surface area is 208 Å². The zero-order valence-corrected chi connectivity index (χ0v) is 21.3. The van der Waals surface area contributed by atoms with Crippen LogP contribution in [-0.2, 0) is 28.7 Å². The lowest BCUT2D eigenvalue weighted by Gasteiger charge is -2.18. The maximum atomic E-state index is 12.4. The molecule has 35 heavy (non-hydrogen) atoms. The summed E-state index contributed by atoms with van der Waals surface area (Å²) >= 11 is 0. The Bertz CT molecular complexity index is 662. The van der Waals surface area contributed by atoms with E-state index in [1.54, 1.807) is 7.05 Å². The van der Waals surface area contributed by atoms with Gasteiger partial charge in [-0.2, -0.15) is 0 Å². The van der Waals surface area contributed by atoms with Crippen LogP contribution >= 0.6 is 0 Å². The van der Waals surface area contributed by atoms with Gasteiger partial charge in [-0.05, 0) is 51.5 Å². The monoisotopic (exact) mass is 499 g/mol. The molecule has 1 aliphatic carbocycles. The van der Waals surface area contributed by atoms with Crippen molar-refractivity contribution in [3.63, 3.8) is 0 Å². The number of nitrogens with two attached hydrogens (primary N) is 2. The van der Waals surface area contributed by atoms with Crippen LogP contribution in [0, 0.1) is 11.8 Å². The van der Waals surface area contributed by atoms with Crippen LogP contribution in [0.25, 0.3) is 0 Å². The average molecular weight is 500 g/mol. The topological polar surface area (TPSA) is 175 Å². The summed E-state index contributed by atoms with van der Waals surface area (Å²) in [6, 6.07) is -0.925. The van der Waals surface area contributed by atoms with Gasteiger partial charge in [-0.1, -0.05) is 13.3 Å². The number of amides is 3. The molecule has 0 heterocycles. The Balaban J connectivity index is 1.93. The van der Waals surface area contributed by atoms with Gasteiger partial charge in [0.2, 0.25) is 17.7 Å². The average Bonchev–Trinajstić information content (AvgIpc) is 3.26. The van der Waals surface area contributed by atoms with Gasteiger partial charge in [0.1, 0.15) is 6.61 Å². The second kappa shape index (κ2) is 18.2. The molecule has 0 aromatic heterocycles. The van der Waals surface area contributed by atoms with Gasteiger partial charge in [0.25, 0.3) is 0 Å². The maximum Gasteiger partial charge on any atom is 0.245 e. The largest absolute Gasteiger partial charge is 0.377 e. The second-order valence-electron chi connectivity index (χ2n) is 9.17. The number of primary amides is 1. The van der Waals surface area contributed by atoms with Gasteiger partial charge >= 0.3 is 0 Å². The van der Waals surface area contributed by atoms with E-state index < -0.39 is 6.04 Å². The normalized spacial score (nSPS) is 19.2. The summed E-state index contributed by atoms with van der Waals surface area (Å²) in [5.41, 5.74) is 11.3. The number of hydrogen-bond acceptors (Lipinski definition) is 8. The van der Waals surface area contributed by atoms with Gasteiger partial charge in [-0.15, -0.1) is 0 Å². The SMILES string of the molecule is CN[C@@H](CCCCNC(=O)COCCOCCNC(=O)CC[C@H](N)C(=O)C1CCC[C@H]1C)C(N)=O. The van der Waals surface area contributed by atoms with Crippen LogP contribution in [-0.4, -0.2) is 82.2 Å². The van der Waals surface area contributed by atoms with Crippen molar-refractivity contribution in [2.24, 2.45) is 23.3 Å². The molecule has 1 fully saturated rings. The first-order valence-electron chi connectivity index (χ1n) is 12.7. The minimum Gasteiger partial charge on any atom is -0.377 e. The van der Waals surface area contributed by atoms with Gasteiger partial charge < -0.3 is 36.9 Å². The molecule has 1 rings (SSSR count). The highest BCUT2D eigenvalue weighted by Crippen LogP contribution is 2.32. The summed E-state index contributed by atoms with van der Waals surface area (Å²) < 4.78 is 10.6. The van der Waals surface area contributed by atoms with E-state index in [1.807, 2.05) is 0 Å². The zero-order chi connectivity index (χ0) is 26.1. The molecule has 11 nitrogen and oxygen atoms in total. The van der Waals surface area contributed by atoms with E-state index >= 15 is 0 Å². The summed E-state index contributed by atoms with van der Waals surface area (Å²) in [5, 5.41) is 8.35. The number of Topliss-reactive ketones (excluding diaryl/α,β-unsaturated/α-hetero) is 1. The molecule has 7 N–H and O–H groups in total. The van der Waals surface area contributed by atoms with Crippen LogP contribution in [0.1, 0.15) is 58.3 Å². The van der Waals surface area contributed by atoms with Crippen LogP contribution in [0.4, 0.5) is 0 Å². The predicted octanol–water partition coefficient (Wildman–Crippen LogP) is -0.392. The van der Waals surface area contributed by atoms with E-state index in [0.717, 1.165) is 32.1 Å². The van der Waals surface area contributed by atoms with Crippen LogP contribution in [0.3, 0.4) is 0 Å². The third-order valence-electron chi connectivity index (χ3n) is 6.38. The zero-order valence-electron chi connectivity index (χ0n) is 21.3. The molecular formula is C24H45N5O6. The molecule has 3 amide bonds. The number of carbonyl (C=O) groups is 4. The third-order valence-corrected chi connectivity index (χ3v) is 6.38. The standard InChI is InChI=1S/C24H45N5O6/c1-17-6-5-7-18(17)23(32)19(25)9-10-21(30)29-12-13-34-14-15-35-16-22(31)28-11-4-3-8-20(27-2)24(26)33/h17-20,27H,3-16,25H2,1-2H3,(H2,26,33)(H,28,31)(H,29,30)/t17-,18?,19+,20+/m1/s1. The molecule has 1 unspecified atom stereocenters. The van der Waals surface area contributed by atoms with Crippen molar-refractivity contribution in [2.45, 2.75) is 70.4 Å². The number of likely N-dealkylation sites (N-methyl/N-ethyl adjacent to an activating group) is 1. The highest BCUT2D eigenvalue weighted by molar-refractivity contribution is 5.87. The third kappa shape index (κ3) is 13.6. The minimum absolute atomic E-state index is 0.0423. The molecular weight excluding hydrogens is 454 g/mol. The van der Waals surface area contributed by atoms with Crippen LogP contribution in [0.5, 0.6) is 0 Å². The first-order valence-corrected chi connectivity index (χ1v) is 12.7. The van der Waals surface area contributed by atoms with Crippen molar-refractivity contribution >= 4 is 23.5 Å². The number of unbranched alkanes of at least 4 members (excludes halogenated alkanes) is 1. The van der Waals surface area contributed by atoms with Crippen molar-refractivity contribution in [2.75, 3.05) is 46.6 Å². The Morgan fingerprint density at radius 3 is 2.31 bits per heavy atom. The fourth-order valence-electron chi connectivity index (χ4n) is 4.19. The minimum atomic E-state index is -0.579. The molecule has 0 bridgehead atoms. The summed E-state index contributed by atoms with van der Waals surface area (Å²) in [4.78, 5) is 47.2. The number of rotatable bonds is 20. The highest BCUT2D eigenvalue weighted by atomic mass is 16.5. The lowest BCUT2D eigenvalue weighted by Crippen LogP contribution is -2.39. The van der Waals surface area contributed by atoms with Crippen LogP contribution < -0.4 is 27.4 Å². The summed E-state index contributed by atoms with van der Waals surface area (Å²) in [5.74, 6) is -0.230. The number of ketones is 1. The van der Waals surface area contributed by atoms with Crippen molar-refractivity contribution in [1.82, 2.24) is 16.0 Å². The fourth-order valence-corrected chi connectivity index (χ4v) is 4.19. The lowest BCUT2D eigenvalue weighted by atomic mass is 9.88.